The largest absolute Gasteiger partial charge is 0.419 e. The van der Waals surface area contributed by atoms with E-state index in [9.17, 15) is 18.0 Å². The molecule has 4 heterocycles. The minimum Gasteiger partial charge on any atom is -0.356 e. The zero-order valence-corrected chi connectivity index (χ0v) is 21.0. The number of aromatic nitrogens is 4. The average molecular weight is 517 g/mol. The minimum atomic E-state index is -4.31. The predicted octanol–water partition coefficient (Wildman–Crippen LogP) is 5.42. The van der Waals surface area contributed by atoms with Crippen molar-refractivity contribution in [2.24, 2.45) is 7.05 Å². The Morgan fingerprint density at radius 1 is 1.17 bits per heavy atom. The summed E-state index contributed by atoms with van der Waals surface area (Å²) >= 11 is 1.65. The van der Waals surface area contributed by atoms with Crippen molar-refractivity contribution in [1.82, 2.24) is 25.1 Å². The topological polar surface area (TPSA) is 78.8 Å². The van der Waals surface area contributed by atoms with Crippen LogP contribution in [0.15, 0.2) is 58.6 Å². The number of amides is 1. The van der Waals surface area contributed by atoms with Gasteiger partial charge in [-0.2, -0.15) is 18.3 Å². The Hall–Kier alpha value is -3.47. The number of nitrogens with zero attached hydrogens (tertiary/aromatic N) is 4. The summed E-state index contributed by atoms with van der Waals surface area (Å²) in [6.45, 7) is 3.35. The van der Waals surface area contributed by atoms with Crippen LogP contribution in [0.2, 0.25) is 0 Å². The van der Waals surface area contributed by atoms with Gasteiger partial charge in [0.25, 0.3) is 5.91 Å². The van der Waals surface area contributed by atoms with Gasteiger partial charge in [0.2, 0.25) is 0 Å². The predicted molar refractivity (Wildman–Crippen MR) is 134 cm³/mol. The van der Waals surface area contributed by atoms with Gasteiger partial charge in [0.15, 0.2) is 0 Å². The van der Waals surface area contributed by atoms with E-state index in [1.54, 1.807) is 23.7 Å². The molecule has 2 N–H and O–H groups in total. The first-order chi connectivity index (χ1) is 17.2. The number of carbonyl (C=O) groups excluding carboxylic acids is 1. The van der Waals surface area contributed by atoms with Gasteiger partial charge in [-0.05, 0) is 56.2 Å². The third kappa shape index (κ3) is 5.51. The summed E-state index contributed by atoms with van der Waals surface area (Å²) < 4.78 is 39.8. The summed E-state index contributed by atoms with van der Waals surface area (Å²) in [5.74, 6) is 0.000219. The third-order valence-electron chi connectivity index (χ3n) is 6.09. The molecule has 3 aromatic heterocycles. The van der Waals surface area contributed by atoms with Crippen LogP contribution >= 0.6 is 11.8 Å². The lowest BCUT2D eigenvalue weighted by atomic mass is 10.2. The van der Waals surface area contributed by atoms with Crippen molar-refractivity contribution in [2.45, 2.75) is 35.7 Å². The molecule has 36 heavy (non-hydrogen) atoms. The maximum Gasteiger partial charge on any atom is 0.419 e. The number of rotatable bonds is 4. The fraction of sp³-hybridized carbons (Fsp3) is 0.320. The summed E-state index contributed by atoms with van der Waals surface area (Å²) in [5, 5.41) is 10.7. The number of anilines is 1. The van der Waals surface area contributed by atoms with Gasteiger partial charge < -0.3 is 14.8 Å². The van der Waals surface area contributed by atoms with E-state index in [1.165, 1.54) is 12.3 Å². The number of hydrogen-bond acceptors (Lipinski definition) is 5. The van der Waals surface area contributed by atoms with Crippen LogP contribution in [-0.2, 0) is 13.2 Å². The summed E-state index contributed by atoms with van der Waals surface area (Å²) in [7, 11) is 3.55. The van der Waals surface area contributed by atoms with Crippen molar-refractivity contribution < 1.29 is 18.0 Å². The number of alkyl halides is 3. The van der Waals surface area contributed by atoms with Gasteiger partial charge in [-0.3, -0.25) is 9.89 Å². The van der Waals surface area contributed by atoms with E-state index in [1.807, 2.05) is 36.9 Å². The second-order valence-corrected chi connectivity index (χ2v) is 9.52. The van der Waals surface area contributed by atoms with Crippen molar-refractivity contribution in [3.63, 3.8) is 0 Å². The second-order valence-electron chi connectivity index (χ2n) is 8.40. The number of pyridine rings is 1. The fourth-order valence-corrected chi connectivity index (χ4v) is 5.06. The fourth-order valence-electron chi connectivity index (χ4n) is 4.03. The number of aromatic amines is 1. The maximum absolute atomic E-state index is 12.6. The highest BCUT2D eigenvalue weighted by atomic mass is 32.2. The zero-order chi connectivity index (χ0) is 25.9. The Morgan fingerprint density at radius 2 is 1.92 bits per heavy atom. The molecule has 11 heteroatoms. The van der Waals surface area contributed by atoms with E-state index in [2.05, 4.69) is 32.6 Å². The molecule has 0 radical (unpaired) electrons. The van der Waals surface area contributed by atoms with E-state index < -0.39 is 11.7 Å². The number of halogens is 3. The average Bonchev–Trinajstić information content (AvgIpc) is 3.61. The van der Waals surface area contributed by atoms with Gasteiger partial charge >= 0.3 is 6.18 Å². The SMILES string of the molecule is CNC(=O)c1cc(Sc2ccc3[nH]ncc3c2)c(C)n1C.FC(F)(F)c1cccnc1N1CCCC1. The van der Waals surface area contributed by atoms with Crippen LogP contribution in [0.3, 0.4) is 0 Å². The van der Waals surface area contributed by atoms with E-state index in [0.29, 0.717) is 18.8 Å². The van der Waals surface area contributed by atoms with Crippen molar-refractivity contribution in [2.75, 3.05) is 25.0 Å². The lowest BCUT2D eigenvalue weighted by Crippen LogP contribution is -2.23. The molecule has 1 aliphatic rings. The molecule has 5 rings (SSSR count). The Morgan fingerprint density at radius 3 is 2.61 bits per heavy atom. The van der Waals surface area contributed by atoms with Crippen molar-refractivity contribution >= 4 is 34.4 Å². The van der Waals surface area contributed by atoms with Gasteiger partial charge in [0.05, 0.1) is 17.3 Å². The number of hydrogen-bond donors (Lipinski definition) is 2. The summed E-state index contributed by atoms with van der Waals surface area (Å²) in [6.07, 6.45) is 0.782. The summed E-state index contributed by atoms with van der Waals surface area (Å²) in [6, 6.07) is 10.5. The van der Waals surface area contributed by atoms with Crippen LogP contribution < -0.4 is 10.2 Å². The summed E-state index contributed by atoms with van der Waals surface area (Å²) in [4.78, 5) is 19.6. The lowest BCUT2D eigenvalue weighted by molar-refractivity contribution is -0.137. The number of carbonyl (C=O) groups is 1. The highest BCUT2D eigenvalue weighted by Crippen LogP contribution is 2.36. The molecule has 0 unspecified atom stereocenters. The number of benzene rings is 1. The molecule has 0 saturated carbocycles. The summed E-state index contributed by atoms with van der Waals surface area (Å²) in [5.41, 5.74) is 2.13. The van der Waals surface area contributed by atoms with E-state index in [4.69, 9.17) is 0 Å². The molecular weight excluding hydrogens is 489 g/mol. The Balaban J connectivity index is 0.000000179. The molecule has 0 atom stereocenters. The molecule has 4 aromatic rings. The normalized spacial score (nSPS) is 13.6. The first kappa shape index (κ1) is 25.6. The van der Waals surface area contributed by atoms with Crippen LogP contribution in [0.4, 0.5) is 19.0 Å². The first-order valence-corrected chi connectivity index (χ1v) is 12.3. The first-order valence-electron chi connectivity index (χ1n) is 11.5. The molecule has 0 spiro atoms. The molecule has 1 fully saturated rings. The standard InChI is InChI=1S/C15H16N4OS.C10H11F3N2/c1-9-14(7-13(19(9)3)15(20)16-2)21-11-4-5-12-10(6-11)8-17-18-12;11-10(12,13)8-4-3-5-14-9(8)15-6-1-2-7-15/h4-8H,1-3H3,(H,16,20)(H,17,18);3-5H,1-2,6-7H2. The van der Waals surface area contributed by atoms with Gasteiger partial charge in [-0.15, -0.1) is 0 Å². The van der Waals surface area contributed by atoms with Crippen molar-refractivity contribution in [1.29, 1.82) is 0 Å². The van der Waals surface area contributed by atoms with Crippen LogP contribution in [0.25, 0.3) is 10.9 Å². The Labute approximate surface area is 211 Å². The van der Waals surface area contributed by atoms with Gasteiger partial charge in [-0.1, -0.05) is 11.8 Å². The third-order valence-corrected chi connectivity index (χ3v) is 7.21. The highest BCUT2D eigenvalue weighted by molar-refractivity contribution is 7.99. The molecule has 1 aliphatic heterocycles. The monoisotopic (exact) mass is 516 g/mol. The Bertz CT molecular complexity index is 1360. The van der Waals surface area contributed by atoms with Gasteiger partial charge in [0, 0.05) is 54.3 Å². The molecule has 1 aromatic carbocycles. The van der Waals surface area contributed by atoms with Crippen LogP contribution in [0.5, 0.6) is 0 Å². The maximum atomic E-state index is 12.6. The molecule has 1 saturated heterocycles. The second kappa shape index (κ2) is 10.7. The highest BCUT2D eigenvalue weighted by Gasteiger charge is 2.36. The van der Waals surface area contributed by atoms with Gasteiger partial charge in [0.1, 0.15) is 11.5 Å². The van der Waals surface area contributed by atoms with Gasteiger partial charge in [-0.25, -0.2) is 4.98 Å². The quantitative estimate of drug-likeness (QED) is 0.379. The number of fused-ring (bicyclic) bond motifs is 1. The van der Waals surface area contributed by atoms with E-state index >= 15 is 0 Å². The molecule has 0 bridgehead atoms. The van der Waals surface area contributed by atoms with Crippen molar-refractivity contribution in [3.8, 4) is 0 Å². The lowest BCUT2D eigenvalue weighted by Gasteiger charge is -2.20. The molecule has 7 nitrogen and oxygen atoms in total. The van der Waals surface area contributed by atoms with Crippen molar-refractivity contribution in [3.05, 3.63) is 65.7 Å². The number of nitrogens with one attached hydrogen (secondary N) is 2. The molecule has 190 valence electrons. The van der Waals surface area contributed by atoms with Crippen LogP contribution in [0.1, 0.15) is 34.6 Å². The van der Waals surface area contributed by atoms with Crippen LogP contribution in [-0.4, -0.2) is 45.8 Å². The Kier molecular flexibility index (Phi) is 7.58. The molecular formula is C25H27F3N6OS. The smallest absolute Gasteiger partial charge is 0.356 e. The zero-order valence-electron chi connectivity index (χ0n) is 20.2. The van der Waals surface area contributed by atoms with Crippen LogP contribution in [0, 0.1) is 6.92 Å². The van der Waals surface area contributed by atoms with E-state index in [-0.39, 0.29) is 11.7 Å². The molecule has 1 amide bonds. The molecule has 0 aliphatic carbocycles. The number of H-pyrrole nitrogens is 1. The van der Waals surface area contributed by atoms with E-state index in [0.717, 1.165) is 45.3 Å². The minimum absolute atomic E-state index is 0.0715.